The van der Waals surface area contributed by atoms with Crippen molar-refractivity contribution in [2.75, 3.05) is 33.2 Å². The molecule has 220 valence electrons. The molecule has 0 unspecified atom stereocenters. The minimum Gasteiger partial charge on any atom is -0.349 e. The van der Waals surface area contributed by atoms with Crippen LogP contribution in [0.15, 0.2) is 46.3 Å². The molecule has 0 bridgehead atoms. The molecule has 4 heterocycles. The monoisotopic (exact) mass is 579 g/mol. The zero-order chi connectivity index (χ0) is 29.3. The maximum atomic E-state index is 14.6. The number of aromatic amines is 1. The van der Waals surface area contributed by atoms with Gasteiger partial charge < -0.3 is 15.1 Å². The number of hydrogen-bond acceptors (Lipinski definition) is 4. The third kappa shape index (κ3) is 6.05. The minimum absolute atomic E-state index is 0.00982. The summed E-state index contributed by atoms with van der Waals surface area (Å²) in [5, 5.41) is 2.83. The number of piperidine rings is 1. The van der Waals surface area contributed by atoms with Crippen molar-refractivity contribution in [3.05, 3.63) is 64.2 Å². The first-order valence-electron chi connectivity index (χ1n) is 13.4. The summed E-state index contributed by atoms with van der Waals surface area (Å²) in [5.41, 5.74) is 0.872. The van der Waals surface area contributed by atoms with Crippen LogP contribution in [0.2, 0.25) is 0 Å². The number of H-pyrrole nitrogens is 1. The Bertz CT molecular complexity index is 1490. The highest BCUT2D eigenvalue weighted by Crippen LogP contribution is 2.32. The fraction of sp³-hybridized carbons (Fsp3) is 0.481. The summed E-state index contributed by atoms with van der Waals surface area (Å²) in [6.07, 6.45) is -1.62. The Morgan fingerprint density at radius 3 is 2.59 bits per heavy atom. The van der Waals surface area contributed by atoms with Crippen LogP contribution in [0.4, 0.5) is 26.7 Å². The molecule has 2 atom stereocenters. The Labute approximate surface area is 232 Å². The predicted molar refractivity (Wildman–Crippen MR) is 142 cm³/mol. The number of urea groups is 1. The molecule has 1 aromatic carbocycles. The largest absolute Gasteiger partial charge is 0.405 e. The van der Waals surface area contributed by atoms with Gasteiger partial charge in [0.25, 0.3) is 0 Å². The highest BCUT2D eigenvalue weighted by Gasteiger charge is 2.39. The van der Waals surface area contributed by atoms with Crippen LogP contribution in [0, 0.1) is 11.6 Å². The second-order valence-electron chi connectivity index (χ2n) is 10.4. The van der Waals surface area contributed by atoms with Gasteiger partial charge in [-0.3, -0.25) is 14.5 Å². The van der Waals surface area contributed by atoms with E-state index in [1.807, 2.05) is 0 Å². The summed E-state index contributed by atoms with van der Waals surface area (Å²) in [5.74, 6) is -2.87. The third-order valence-electron chi connectivity index (χ3n) is 7.81. The third-order valence-corrected chi connectivity index (χ3v) is 7.81. The topological polar surface area (TPSA) is 98.6 Å². The lowest BCUT2D eigenvalue weighted by molar-refractivity contribution is -0.138. The van der Waals surface area contributed by atoms with Crippen LogP contribution in [-0.2, 0) is 0 Å². The first-order chi connectivity index (χ1) is 19.6. The molecule has 14 heteroatoms. The molecule has 0 radical (unpaired) electrons. The molecule has 5 rings (SSSR count). The molecule has 2 amide bonds. The van der Waals surface area contributed by atoms with E-state index < -0.39 is 42.3 Å². The fourth-order valence-corrected chi connectivity index (χ4v) is 5.94. The first kappa shape index (κ1) is 28.6. The molecule has 41 heavy (non-hydrogen) atoms. The Kier molecular flexibility index (Phi) is 8.00. The summed E-state index contributed by atoms with van der Waals surface area (Å²) in [4.78, 5) is 39.4. The van der Waals surface area contributed by atoms with Crippen LogP contribution >= 0.6 is 0 Å². The van der Waals surface area contributed by atoms with Gasteiger partial charge in [0.15, 0.2) is 17.3 Å². The number of pyridine rings is 1. The number of amides is 2. The second-order valence-corrected chi connectivity index (χ2v) is 10.4. The van der Waals surface area contributed by atoms with E-state index in [9.17, 15) is 31.5 Å². The SMILES string of the molecule is C/N=C1/[C@H](NC(=O)N2CCC(n3c(=O)[nH]c4ncccc43)CC2)CC[C@@H](c2cccc(F)c2F)CN1CC(F)(F)F. The highest BCUT2D eigenvalue weighted by molar-refractivity contribution is 5.91. The number of nitrogens with one attached hydrogen (secondary N) is 2. The van der Waals surface area contributed by atoms with Crippen molar-refractivity contribution in [1.29, 1.82) is 0 Å². The number of fused-ring (bicyclic) bond motifs is 1. The van der Waals surface area contributed by atoms with Crippen molar-refractivity contribution in [1.82, 2.24) is 29.7 Å². The van der Waals surface area contributed by atoms with Gasteiger partial charge in [0.1, 0.15) is 12.4 Å². The molecule has 2 aliphatic heterocycles. The molecule has 0 aliphatic carbocycles. The van der Waals surface area contributed by atoms with Gasteiger partial charge in [0.05, 0.1) is 11.6 Å². The van der Waals surface area contributed by atoms with Crippen LogP contribution in [0.5, 0.6) is 0 Å². The quantitative estimate of drug-likeness (QED) is 0.453. The summed E-state index contributed by atoms with van der Waals surface area (Å²) < 4.78 is 70.9. The number of carbonyl (C=O) groups excluding carboxylic acids is 1. The molecule has 2 aliphatic rings. The molecule has 2 aromatic heterocycles. The summed E-state index contributed by atoms with van der Waals surface area (Å²) >= 11 is 0. The van der Waals surface area contributed by atoms with Crippen molar-refractivity contribution in [2.45, 2.75) is 49.9 Å². The van der Waals surface area contributed by atoms with Crippen LogP contribution < -0.4 is 11.0 Å². The first-order valence-corrected chi connectivity index (χ1v) is 13.4. The Morgan fingerprint density at radius 2 is 1.88 bits per heavy atom. The number of rotatable bonds is 4. The molecule has 3 aromatic rings. The zero-order valence-electron chi connectivity index (χ0n) is 22.3. The lowest BCUT2D eigenvalue weighted by atomic mass is 9.93. The number of nitrogens with zero attached hydrogens (tertiary/aromatic N) is 5. The Morgan fingerprint density at radius 1 is 1.12 bits per heavy atom. The van der Waals surface area contributed by atoms with Crippen molar-refractivity contribution in [3.63, 3.8) is 0 Å². The average Bonchev–Trinajstić information content (AvgIpc) is 3.17. The van der Waals surface area contributed by atoms with Gasteiger partial charge in [-0.25, -0.2) is 23.4 Å². The van der Waals surface area contributed by atoms with Gasteiger partial charge >= 0.3 is 17.9 Å². The summed E-state index contributed by atoms with van der Waals surface area (Å²) in [6, 6.07) is 5.71. The number of imidazole rings is 1. The van der Waals surface area contributed by atoms with Crippen LogP contribution in [0.3, 0.4) is 0 Å². The number of hydrogen-bond donors (Lipinski definition) is 2. The molecule has 2 N–H and O–H groups in total. The molecule has 0 spiro atoms. The van der Waals surface area contributed by atoms with Crippen LogP contribution in [0.25, 0.3) is 11.2 Å². The maximum Gasteiger partial charge on any atom is 0.405 e. The van der Waals surface area contributed by atoms with Gasteiger partial charge in [0, 0.05) is 44.8 Å². The molecule has 9 nitrogen and oxygen atoms in total. The number of amidine groups is 1. The van der Waals surface area contributed by atoms with Gasteiger partial charge in [-0.15, -0.1) is 0 Å². The summed E-state index contributed by atoms with van der Waals surface area (Å²) in [7, 11) is 1.35. The van der Waals surface area contributed by atoms with E-state index in [0.29, 0.717) is 37.1 Å². The fourth-order valence-electron chi connectivity index (χ4n) is 5.94. The number of halogens is 5. The molecular formula is C27H30F5N7O2. The maximum absolute atomic E-state index is 14.6. The lowest BCUT2D eigenvalue weighted by Gasteiger charge is -2.35. The smallest absolute Gasteiger partial charge is 0.349 e. The van der Waals surface area contributed by atoms with E-state index in [1.54, 1.807) is 27.8 Å². The Balaban J connectivity index is 1.31. The number of aromatic nitrogens is 3. The van der Waals surface area contributed by atoms with E-state index in [2.05, 4.69) is 20.3 Å². The van der Waals surface area contributed by atoms with Gasteiger partial charge in [-0.1, -0.05) is 12.1 Å². The van der Waals surface area contributed by atoms with Gasteiger partial charge in [-0.05, 0) is 49.4 Å². The van der Waals surface area contributed by atoms with Gasteiger partial charge in [-0.2, -0.15) is 13.2 Å². The summed E-state index contributed by atoms with van der Waals surface area (Å²) in [6.45, 7) is -0.938. The van der Waals surface area contributed by atoms with E-state index in [-0.39, 0.29) is 42.5 Å². The van der Waals surface area contributed by atoms with E-state index in [4.69, 9.17) is 0 Å². The Hall–Kier alpha value is -3.97. The molecule has 2 fully saturated rings. The number of carbonyl (C=O) groups is 1. The molecular weight excluding hydrogens is 549 g/mol. The van der Waals surface area contributed by atoms with Crippen molar-refractivity contribution >= 4 is 23.0 Å². The van der Waals surface area contributed by atoms with E-state index in [1.165, 1.54) is 19.2 Å². The normalized spacial score (nSPS) is 21.9. The molecule has 2 saturated heterocycles. The van der Waals surface area contributed by atoms with Crippen LogP contribution in [-0.4, -0.2) is 81.6 Å². The number of likely N-dealkylation sites (tertiary alicyclic amines) is 2. The van der Waals surface area contributed by atoms with Crippen molar-refractivity contribution < 1.29 is 26.7 Å². The second kappa shape index (κ2) is 11.5. The predicted octanol–water partition coefficient (Wildman–Crippen LogP) is 4.19. The lowest BCUT2D eigenvalue weighted by Crippen LogP contribution is -2.54. The van der Waals surface area contributed by atoms with Crippen molar-refractivity contribution in [2.24, 2.45) is 4.99 Å². The van der Waals surface area contributed by atoms with Crippen LogP contribution in [0.1, 0.15) is 43.2 Å². The average molecular weight is 580 g/mol. The highest BCUT2D eigenvalue weighted by atomic mass is 19.4. The number of benzene rings is 1. The van der Waals surface area contributed by atoms with E-state index in [0.717, 1.165) is 11.0 Å². The standard InChI is InChI=1S/C27H30F5N7O2/c1-33-24-20(8-7-16(14-38(24)15-27(30,31)32)18-4-2-5-19(28)22(18)29)35-25(40)37-12-9-17(10-13-37)39-21-6-3-11-34-23(21)36-26(39)41/h2-6,11,16-17,20H,7-10,12-15H2,1H3,(H,35,40)(H,34,36,41)/b33-24-/t16-,20-/m1/s1. The van der Waals surface area contributed by atoms with Crippen molar-refractivity contribution in [3.8, 4) is 0 Å². The molecule has 0 saturated carbocycles. The minimum atomic E-state index is -4.59. The zero-order valence-corrected chi connectivity index (χ0v) is 22.3. The number of aliphatic imine (C=N–C) groups is 1. The number of alkyl halides is 3. The van der Waals surface area contributed by atoms with Gasteiger partial charge in [0.2, 0.25) is 0 Å². The van der Waals surface area contributed by atoms with E-state index >= 15 is 0 Å².